The van der Waals surface area contributed by atoms with Crippen LogP contribution in [0.1, 0.15) is 36.6 Å². The first-order valence-electron chi connectivity index (χ1n) is 14.9. The van der Waals surface area contributed by atoms with Gasteiger partial charge in [0.15, 0.2) is 22.0 Å². The van der Waals surface area contributed by atoms with Crippen LogP contribution in [-0.2, 0) is 16.1 Å². The summed E-state index contributed by atoms with van der Waals surface area (Å²) in [6, 6.07) is 22.0. The van der Waals surface area contributed by atoms with Crippen LogP contribution in [0.3, 0.4) is 0 Å². The van der Waals surface area contributed by atoms with Crippen LogP contribution in [0, 0.1) is 0 Å². The SMILES string of the molecule is CCOc1ccc([C@H]2C(C(=O)OC)=CN=c3s/c(=C\c4cc(Cl)c(OCc5cccc6ccccc56)c(Cl)c4)c(=O)n32)cc1OCC. The molecule has 0 saturated carbocycles. The lowest BCUT2D eigenvalue weighted by molar-refractivity contribution is -0.136. The predicted octanol–water partition coefficient (Wildman–Crippen LogP) is 6.85. The molecule has 0 unspecified atom stereocenters. The summed E-state index contributed by atoms with van der Waals surface area (Å²) in [6.45, 7) is 4.88. The lowest BCUT2D eigenvalue weighted by atomic mass is 9.97. The van der Waals surface area contributed by atoms with Crippen LogP contribution in [0.15, 0.2) is 94.4 Å². The van der Waals surface area contributed by atoms with Gasteiger partial charge in [-0.3, -0.25) is 9.36 Å². The molecule has 0 amide bonds. The Kier molecular flexibility index (Phi) is 9.68. The zero-order chi connectivity index (χ0) is 33.1. The van der Waals surface area contributed by atoms with Crippen LogP contribution >= 0.6 is 34.5 Å². The Bertz CT molecular complexity index is 2180. The van der Waals surface area contributed by atoms with Gasteiger partial charge in [-0.25, -0.2) is 9.79 Å². The quantitative estimate of drug-likeness (QED) is 0.149. The van der Waals surface area contributed by atoms with Crippen molar-refractivity contribution in [3.63, 3.8) is 0 Å². The number of thiazole rings is 1. The fraction of sp³-hybridized carbons (Fsp3) is 0.194. The van der Waals surface area contributed by atoms with Crippen molar-refractivity contribution in [2.24, 2.45) is 4.99 Å². The number of methoxy groups -OCH3 is 1. The molecule has 5 aromatic rings. The maximum absolute atomic E-state index is 14.0. The number of nitrogens with zero attached hydrogens (tertiary/aromatic N) is 2. The molecule has 11 heteroatoms. The number of rotatable bonds is 10. The number of carbonyl (C=O) groups excluding carboxylic acids is 1. The molecule has 240 valence electrons. The minimum absolute atomic E-state index is 0.205. The fourth-order valence-electron chi connectivity index (χ4n) is 5.51. The van der Waals surface area contributed by atoms with Gasteiger partial charge in [-0.1, -0.05) is 83.1 Å². The molecule has 8 nitrogen and oxygen atoms in total. The minimum Gasteiger partial charge on any atom is -0.490 e. The summed E-state index contributed by atoms with van der Waals surface area (Å²) in [7, 11) is 1.29. The Morgan fingerprint density at radius 2 is 1.66 bits per heavy atom. The maximum atomic E-state index is 14.0. The van der Waals surface area contributed by atoms with Crippen molar-refractivity contribution < 1.29 is 23.7 Å². The Morgan fingerprint density at radius 1 is 0.936 bits per heavy atom. The molecule has 0 aliphatic carbocycles. The van der Waals surface area contributed by atoms with Crippen LogP contribution in [0.25, 0.3) is 16.8 Å². The first-order chi connectivity index (χ1) is 22.8. The second kappa shape index (κ2) is 14.0. The largest absolute Gasteiger partial charge is 0.490 e. The first kappa shape index (κ1) is 32.4. The highest BCUT2D eigenvalue weighted by molar-refractivity contribution is 7.07. The predicted molar refractivity (Wildman–Crippen MR) is 185 cm³/mol. The van der Waals surface area contributed by atoms with E-state index >= 15 is 0 Å². The summed E-state index contributed by atoms with van der Waals surface area (Å²) in [5.41, 5.74) is 2.10. The van der Waals surface area contributed by atoms with Gasteiger partial charge in [0.1, 0.15) is 6.61 Å². The van der Waals surface area contributed by atoms with Crippen molar-refractivity contribution in [3.8, 4) is 17.2 Å². The maximum Gasteiger partial charge on any atom is 0.337 e. The van der Waals surface area contributed by atoms with Gasteiger partial charge >= 0.3 is 5.97 Å². The summed E-state index contributed by atoms with van der Waals surface area (Å²) in [5, 5.41) is 2.81. The van der Waals surface area contributed by atoms with Gasteiger partial charge in [0.25, 0.3) is 5.56 Å². The molecule has 47 heavy (non-hydrogen) atoms. The number of hydrogen-bond donors (Lipinski definition) is 0. The van der Waals surface area contributed by atoms with Gasteiger partial charge in [-0.05, 0) is 71.7 Å². The molecule has 1 atom stereocenters. The van der Waals surface area contributed by atoms with Crippen LogP contribution in [0.5, 0.6) is 17.2 Å². The molecule has 0 fully saturated rings. The third-order valence-corrected chi connectivity index (χ3v) is 9.14. The summed E-state index contributed by atoms with van der Waals surface area (Å²) in [4.78, 5) is 31.8. The van der Waals surface area contributed by atoms with Gasteiger partial charge in [-0.2, -0.15) is 0 Å². The van der Waals surface area contributed by atoms with E-state index < -0.39 is 12.0 Å². The lowest BCUT2D eigenvalue weighted by Crippen LogP contribution is -2.39. The summed E-state index contributed by atoms with van der Waals surface area (Å²) in [6.07, 6.45) is 3.14. The molecule has 1 aliphatic rings. The molecule has 0 N–H and O–H groups in total. The van der Waals surface area contributed by atoms with E-state index in [1.54, 1.807) is 36.4 Å². The molecule has 0 bridgehead atoms. The van der Waals surface area contributed by atoms with E-state index in [0.29, 0.717) is 61.0 Å². The Morgan fingerprint density at radius 3 is 2.40 bits per heavy atom. The van der Waals surface area contributed by atoms with Crippen LogP contribution in [0.4, 0.5) is 0 Å². The smallest absolute Gasteiger partial charge is 0.337 e. The number of halogens is 2. The zero-order valence-electron chi connectivity index (χ0n) is 25.8. The summed E-state index contributed by atoms with van der Waals surface area (Å²) < 4.78 is 24.6. The summed E-state index contributed by atoms with van der Waals surface area (Å²) >= 11 is 14.5. The number of hydrogen-bond acceptors (Lipinski definition) is 8. The molecule has 1 aromatic heterocycles. The minimum atomic E-state index is -0.812. The molecule has 1 aliphatic heterocycles. The third kappa shape index (κ3) is 6.52. The van der Waals surface area contributed by atoms with Crippen LogP contribution < -0.4 is 29.1 Å². The Hall–Kier alpha value is -4.57. The number of carbonyl (C=O) groups is 1. The van der Waals surface area contributed by atoms with Gasteiger partial charge in [0.05, 0.1) is 46.5 Å². The van der Waals surface area contributed by atoms with Gasteiger partial charge in [0, 0.05) is 6.20 Å². The Balaban J connectivity index is 1.36. The summed E-state index contributed by atoms with van der Waals surface area (Å²) in [5.74, 6) is 0.815. The molecule has 0 radical (unpaired) electrons. The fourth-order valence-corrected chi connectivity index (χ4v) is 7.09. The number of benzene rings is 4. The van der Waals surface area contributed by atoms with E-state index in [2.05, 4.69) is 4.99 Å². The molecular weight excluding hydrogens is 659 g/mol. The van der Waals surface area contributed by atoms with E-state index in [1.807, 2.05) is 56.3 Å². The number of esters is 1. The molecule has 2 heterocycles. The van der Waals surface area contributed by atoms with Crippen LogP contribution in [-0.4, -0.2) is 30.9 Å². The number of fused-ring (bicyclic) bond motifs is 2. The zero-order valence-corrected chi connectivity index (χ0v) is 28.1. The Labute approximate surface area is 284 Å². The van der Waals surface area contributed by atoms with Crippen molar-refractivity contribution in [2.45, 2.75) is 26.5 Å². The van der Waals surface area contributed by atoms with Crippen molar-refractivity contribution in [1.29, 1.82) is 0 Å². The van der Waals surface area contributed by atoms with Crippen molar-refractivity contribution >= 4 is 57.4 Å². The highest BCUT2D eigenvalue weighted by Crippen LogP contribution is 2.37. The van der Waals surface area contributed by atoms with Crippen molar-refractivity contribution in [1.82, 2.24) is 4.57 Å². The topological polar surface area (TPSA) is 88.4 Å². The van der Waals surface area contributed by atoms with Gasteiger partial charge in [-0.15, -0.1) is 0 Å². The first-order valence-corrected chi connectivity index (χ1v) is 16.5. The average Bonchev–Trinajstić information content (AvgIpc) is 3.39. The standard InChI is InChI=1S/C36H30Cl2N2O6S/c1-4-44-29-14-13-23(18-30(29)45-5-2)32-26(35(42)43-3)19-39-36-40(32)34(41)31(47-36)17-21-15-27(37)33(28(38)16-21)46-20-24-11-8-10-22-9-6-7-12-25(22)24/h6-19,32H,4-5,20H2,1-3H3/b31-17-/t32-/m0/s1. The second-order valence-electron chi connectivity index (χ2n) is 10.5. The molecule has 0 saturated heterocycles. The second-order valence-corrected chi connectivity index (χ2v) is 12.3. The lowest BCUT2D eigenvalue weighted by Gasteiger charge is -2.23. The highest BCUT2D eigenvalue weighted by atomic mass is 35.5. The van der Waals surface area contributed by atoms with E-state index in [1.165, 1.54) is 29.2 Å². The van der Waals surface area contributed by atoms with E-state index in [0.717, 1.165) is 16.3 Å². The van der Waals surface area contributed by atoms with E-state index in [9.17, 15) is 9.59 Å². The number of ether oxygens (including phenoxy) is 4. The number of aromatic nitrogens is 1. The van der Waals surface area contributed by atoms with Crippen molar-refractivity contribution in [2.75, 3.05) is 20.3 Å². The highest BCUT2D eigenvalue weighted by Gasteiger charge is 2.31. The van der Waals surface area contributed by atoms with Gasteiger partial charge < -0.3 is 18.9 Å². The van der Waals surface area contributed by atoms with E-state index in [-0.39, 0.29) is 17.7 Å². The molecule has 6 rings (SSSR count). The molecular formula is C36H30Cl2N2O6S. The molecule has 0 spiro atoms. The van der Waals surface area contributed by atoms with Gasteiger partial charge in [0.2, 0.25) is 0 Å². The normalized spacial score (nSPS) is 14.3. The third-order valence-electron chi connectivity index (χ3n) is 7.58. The molecule has 4 aromatic carbocycles. The van der Waals surface area contributed by atoms with Crippen molar-refractivity contribution in [3.05, 3.63) is 131 Å². The average molecular weight is 690 g/mol. The van der Waals surface area contributed by atoms with Crippen LogP contribution in [0.2, 0.25) is 10.0 Å². The van der Waals surface area contributed by atoms with E-state index in [4.69, 9.17) is 42.1 Å². The monoisotopic (exact) mass is 688 g/mol.